The Morgan fingerprint density at radius 3 is 2.91 bits per heavy atom. The van der Waals surface area contributed by atoms with Gasteiger partial charge in [0.15, 0.2) is 0 Å². The molecule has 5 rings (SSSR count). The molecule has 1 saturated carbocycles. The van der Waals surface area contributed by atoms with Crippen LogP contribution in [-0.2, 0) is 12.8 Å². The maximum atomic E-state index is 13.2. The molecule has 3 N–H and O–H groups in total. The molecule has 3 heterocycles. The molecule has 0 unspecified atom stereocenters. The maximum absolute atomic E-state index is 13.2. The topological polar surface area (TPSA) is 108 Å². The van der Waals surface area contributed by atoms with Gasteiger partial charge in [0.05, 0.1) is 17.4 Å². The zero-order valence-electron chi connectivity index (χ0n) is 18.1. The molecule has 1 fully saturated rings. The molecule has 1 atom stereocenters. The van der Waals surface area contributed by atoms with Crippen molar-refractivity contribution in [3.05, 3.63) is 64.2 Å². The average Bonchev–Trinajstić information content (AvgIpc) is 3.43. The molecule has 1 aromatic carbocycles. The van der Waals surface area contributed by atoms with Crippen molar-refractivity contribution in [2.45, 2.75) is 44.6 Å². The van der Waals surface area contributed by atoms with Gasteiger partial charge in [-0.15, -0.1) is 5.10 Å². The lowest BCUT2D eigenvalue weighted by Crippen LogP contribution is -2.31. The molecule has 0 aliphatic heterocycles. The third-order valence-electron chi connectivity index (χ3n) is 5.82. The second-order valence-corrected chi connectivity index (χ2v) is 8.81. The Morgan fingerprint density at radius 1 is 1.28 bits per heavy atom. The molecular formula is C23H25N7OS. The molecule has 9 heteroatoms. The van der Waals surface area contributed by atoms with Crippen LogP contribution in [0.5, 0.6) is 0 Å². The van der Waals surface area contributed by atoms with Gasteiger partial charge in [-0.2, -0.15) is 0 Å². The number of carbonyl (C=O) groups is 1. The van der Waals surface area contributed by atoms with Crippen molar-refractivity contribution < 1.29 is 4.79 Å². The van der Waals surface area contributed by atoms with E-state index in [0.717, 1.165) is 63.9 Å². The molecule has 1 aliphatic rings. The van der Waals surface area contributed by atoms with Gasteiger partial charge < -0.3 is 15.6 Å². The summed E-state index contributed by atoms with van der Waals surface area (Å²) in [5, 5.41) is 11.6. The van der Waals surface area contributed by atoms with Gasteiger partial charge in [-0.05, 0) is 42.4 Å². The van der Waals surface area contributed by atoms with Crippen molar-refractivity contribution in [1.82, 2.24) is 29.9 Å². The van der Waals surface area contributed by atoms with Crippen LogP contribution in [0.2, 0.25) is 0 Å². The molecule has 0 radical (unpaired) electrons. The van der Waals surface area contributed by atoms with Gasteiger partial charge in [0.1, 0.15) is 16.5 Å². The molecule has 0 bridgehead atoms. The van der Waals surface area contributed by atoms with Crippen molar-refractivity contribution in [2.24, 2.45) is 0 Å². The van der Waals surface area contributed by atoms with Crippen molar-refractivity contribution in [3.63, 3.8) is 0 Å². The summed E-state index contributed by atoms with van der Waals surface area (Å²) in [6.07, 6.45) is 5.50. The van der Waals surface area contributed by atoms with E-state index in [1.54, 1.807) is 0 Å². The number of nitrogens with one attached hydrogen (secondary N) is 3. The number of aromatic nitrogens is 5. The Balaban J connectivity index is 1.52. The van der Waals surface area contributed by atoms with E-state index in [1.807, 2.05) is 38.4 Å². The number of hydrogen-bond acceptors (Lipinski definition) is 7. The van der Waals surface area contributed by atoms with E-state index >= 15 is 0 Å². The van der Waals surface area contributed by atoms with Crippen molar-refractivity contribution >= 4 is 34.2 Å². The lowest BCUT2D eigenvalue weighted by Gasteiger charge is -2.19. The molecule has 0 spiro atoms. The predicted octanol–water partition coefficient (Wildman–Crippen LogP) is 4.00. The molecule has 32 heavy (non-hydrogen) atoms. The number of benzene rings is 1. The van der Waals surface area contributed by atoms with Crippen LogP contribution in [0.1, 0.15) is 64.2 Å². The second kappa shape index (κ2) is 8.66. The Labute approximate surface area is 190 Å². The number of anilines is 1. The van der Waals surface area contributed by atoms with E-state index in [0.29, 0.717) is 23.6 Å². The quantitative estimate of drug-likeness (QED) is 0.377. The van der Waals surface area contributed by atoms with E-state index in [1.165, 1.54) is 0 Å². The SMILES string of the molecule is CCc1nnsc1C(=O)N[C@@H](Cc1c[nH]c2ccccc12)c1cc(NC)nc(C2CC2)n1. The van der Waals surface area contributed by atoms with E-state index in [-0.39, 0.29) is 11.9 Å². The van der Waals surface area contributed by atoms with E-state index in [9.17, 15) is 4.79 Å². The van der Waals surface area contributed by atoms with Gasteiger partial charge in [0.2, 0.25) is 0 Å². The number of fused-ring (bicyclic) bond motifs is 1. The first-order valence-electron chi connectivity index (χ1n) is 10.9. The number of hydrogen-bond donors (Lipinski definition) is 3. The summed E-state index contributed by atoms with van der Waals surface area (Å²) in [7, 11) is 1.85. The molecule has 1 amide bonds. The normalized spacial score (nSPS) is 14.4. The van der Waals surface area contributed by atoms with E-state index in [2.05, 4.69) is 42.3 Å². The fourth-order valence-corrected chi connectivity index (χ4v) is 4.56. The molecule has 0 saturated heterocycles. The number of carbonyl (C=O) groups excluding carboxylic acids is 1. The van der Waals surface area contributed by atoms with Gasteiger partial charge in [0.25, 0.3) is 5.91 Å². The molecule has 164 valence electrons. The zero-order chi connectivity index (χ0) is 22.1. The van der Waals surface area contributed by atoms with Crippen LogP contribution in [0.15, 0.2) is 36.5 Å². The van der Waals surface area contributed by atoms with Crippen LogP contribution < -0.4 is 10.6 Å². The summed E-state index contributed by atoms with van der Waals surface area (Å²) in [5.41, 5.74) is 3.72. The van der Waals surface area contributed by atoms with Gasteiger partial charge in [-0.3, -0.25) is 4.79 Å². The van der Waals surface area contributed by atoms with Gasteiger partial charge in [-0.25, -0.2) is 9.97 Å². The minimum absolute atomic E-state index is 0.167. The third kappa shape index (κ3) is 4.08. The smallest absolute Gasteiger partial charge is 0.265 e. The molecular weight excluding hydrogens is 422 g/mol. The summed E-state index contributed by atoms with van der Waals surface area (Å²) >= 11 is 1.13. The first kappa shape index (κ1) is 20.6. The van der Waals surface area contributed by atoms with Crippen LogP contribution in [-0.4, -0.2) is 37.5 Å². The van der Waals surface area contributed by atoms with Gasteiger partial charge in [-0.1, -0.05) is 29.6 Å². The van der Waals surface area contributed by atoms with Gasteiger partial charge >= 0.3 is 0 Å². The number of aromatic amines is 1. The standard InChI is InChI=1S/C23H25N7OS/c1-3-16-21(32-30-29-16)23(31)27-18(10-14-12-25-17-7-5-4-6-15(14)17)19-11-20(24-2)28-22(26-19)13-8-9-13/h4-7,11-13,18,25H,3,8-10H2,1-2H3,(H,27,31)(H,24,26,28)/t18-/m0/s1. The maximum Gasteiger partial charge on any atom is 0.265 e. The number of rotatable bonds is 8. The van der Waals surface area contributed by atoms with Crippen LogP contribution in [0.25, 0.3) is 10.9 Å². The lowest BCUT2D eigenvalue weighted by atomic mass is 10.0. The fraction of sp³-hybridized carbons (Fsp3) is 0.348. The van der Waals surface area contributed by atoms with Crippen molar-refractivity contribution in [1.29, 1.82) is 0 Å². The number of nitrogens with zero attached hydrogens (tertiary/aromatic N) is 4. The highest BCUT2D eigenvalue weighted by molar-refractivity contribution is 7.08. The van der Waals surface area contributed by atoms with Gasteiger partial charge in [0, 0.05) is 42.6 Å². The van der Waals surface area contributed by atoms with E-state index < -0.39 is 0 Å². The first-order valence-corrected chi connectivity index (χ1v) is 11.7. The summed E-state index contributed by atoms with van der Waals surface area (Å²) in [6.45, 7) is 1.97. The molecule has 3 aromatic heterocycles. The molecule has 1 aliphatic carbocycles. The highest BCUT2D eigenvalue weighted by atomic mass is 32.1. The predicted molar refractivity (Wildman–Crippen MR) is 125 cm³/mol. The van der Waals surface area contributed by atoms with Crippen LogP contribution >= 0.6 is 11.5 Å². The summed E-state index contributed by atoms with van der Waals surface area (Å²) in [4.78, 5) is 26.6. The van der Waals surface area contributed by atoms with Crippen molar-refractivity contribution in [2.75, 3.05) is 12.4 Å². The Kier molecular flexibility index (Phi) is 5.57. The second-order valence-electron chi connectivity index (χ2n) is 8.05. The zero-order valence-corrected chi connectivity index (χ0v) is 18.9. The van der Waals surface area contributed by atoms with Crippen LogP contribution in [0, 0.1) is 0 Å². The lowest BCUT2D eigenvalue weighted by molar-refractivity contribution is 0.0938. The minimum atomic E-state index is -0.318. The fourth-order valence-electron chi connectivity index (χ4n) is 3.90. The summed E-state index contributed by atoms with van der Waals surface area (Å²) < 4.78 is 3.97. The number of amides is 1. The highest BCUT2D eigenvalue weighted by Gasteiger charge is 2.29. The Hall–Kier alpha value is -3.33. The Bertz CT molecular complexity index is 1260. The van der Waals surface area contributed by atoms with Crippen LogP contribution in [0.3, 0.4) is 0 Å². The summed E-state index contributed by atoms with van der Waals surface area (Å²) in [6, 6.07) is 9.79. The molecule has 8 nitrogen and oxygen atoms in total. The van der Waals surface area contributed by atoms with E-state index in [4.69, 9.17) is 4.98 Å². The number of H-pyrrole nitrogens is 1. The monoisotopic (exact) mass is 447 g/mol. The largest absolute Gasteiger partial charge is 0.373 e. The Morgan fingerprint density at radius 2 is 2.12 bits per heavy atom. The summed E-state index contributed by atoms with van der Waals surface area (Å²) in [5.74, 6) is 1.85. The van der Waals surface area contributed by atoms with Crippen LogP contribution in [0.4, 0.5) is 5.82 Å². The first-order chi connectivity index (χ1) is 15.7. The number of aryl methyl sites for hydroxylation is 1. The molecule has 4 aromatic rings. The average molecular weight is 448 g/mol. The van der Waals surface area contributed by atoms with Crippen molar-refractivity contribution in [3.8, 4) is 0 Å². The third-order valence-corrected chi connectivity index (χ3v) is 6.59. The highest BCUT2D eigenvalue weighted by Crippen LogP contribution is 2.39. The number of para-hydroxylation sites is 1. The minimum Gasteiger partial charge on any atom is -0.373 e.